The van der Waals surface area contributed by atoms with Crippen LogP contribution in [0, 0.1) is 5.92 Å². The number of benzene rings is 2. The molecule has 0 amide bonds. The van der Waals surface area contributed by atoms with Gasteiger partial charge < -0.3 is 10.6 Å². The summed E-state index contributed by atoms with van der Waals surface area (Å²) in [6.45, 7) is 4.58. The minimum absolute atomic E-state index is 0.163. The molecule has 0 spiro atoms. The van der Waals surface area contributed by atoms with Gasteiger partial charge in [-0.25, -0.2) is 0 Å². The molecule has 0 unspecified atom stereocenters. The largest absolute Gasteiger partial charge is 0.357 e. The fourth-order valence-corrected chi connectivity index (χ4v) is 4.81. The molecular formula is C22H28N2S2. The maximum Gasteiger partial charge on any atom is 0.171 e. The minimum Gasteiger partial charge on any atom is -0.357 e. The molecule has 1 fully saturated rings. The molecule has 0 atom stereocenters. The molecule has 1 saturated carbocycles. The summed E-state index contributed by atoms with van der Waals surface area (Å²) in [7, 11) is 0. The third-order valence-electron chi connectivity index (χ3n) is 5.32. The standard InChI is InChI=1S/C22H28N2S2/c1-17(2)22(14-6-7-15-22)24-21(25)23-19-12-10-18(11-13-19)16-26-20-8-4-3-5-9-20/h3-5,8-13,17H,6-7,14-16H2,1-2H3,(H2,23,24,25). The first-order valence-electron chi connectivity index (χ1n) is 9.43. The Morgan fingerprint density at radius 3 is 2.31 bits per heavy atom. The fourth-order valence-electron chi connectivity index (χ4n) is 3.61. The van der Waals surface area contributed by atoms with Gasteiger partial charge in [-0.2, -0.15) is 0 Å². The molecule has 1 aliphatic carbocycles. The van der Waals surface area contributed by atoms with E-state index in [9.17, 15) is 0 Å². The molecule has 138 valence electrons. The van der Waals surface area contributed by atoms with Crippen molar-refractivity contribution in [2.75, 3.05) is 5.32 Å². The van der Waals surface area contributed by atoms with Crippen LogP contribution in [0.2, 0.25) is 0 Å². The summed E-state index contributed by atoms with van der Waals surface area (Å²) in [4.78, 5) is 1.30. The predicted octanol–water partition coefficient (Wildman–Crippen LogP) is 6.23. The average molecular weight is 385 g/mol. The highest BCUT2D eigenvalue weighted by atomic mass is 32.2. The van der Waals surface area contributed by atoms with E-state index in [1.807, 2.05) is 11.8 Å². The molecule has 1 aliphatic rings. The van der Waals surface area contributed by atoms with E-state index in [1.165, 1.54) is 36.1 Å². The van der Waals surface area contributed by atoms with Gasteiger partial charge in [-0.1, -0.05) is 57.0 Å². The summed E-state index contributed by atoms with van der Waals surface area (Å²) < 4.78 is 0. The SMILES string of the molecule is CC(C)C1(NC(=S)Nc2ccc(CSc3ccccc3)cc2)CCCC1. The van der Waals surface area contributed by atoms with Gasteiger partial charge in [0.2, 0.25) is 0 Å². The van der Waals surface area contributed by atoms with Crippen LogP contribution in [0.15, 0.2) is 59.5 Å². The Morgan fingerprint density at radius 1 is 1.04 bits per heavy atom. The number of rotatable bonds is 6. The van der Waals surface area contributed by atoms with E-state index in [2.05, 4.69) is 79.1 Å². The monoisotopic (exact) mass is 384 g/mol. The lowest BCUT2D eigenvalue weighted by Crippen LogP contribution is -2.51. The Kier molecular flexibility index (Phi) is 6.60. The molecule has 26 heavy (non-hydrogen) atoms. The van der Waals surface area contributed by atoms with Crippen LogP contribution < -0.4 is 10.6 Å². The minimum atomic E-state index is 0.163. The third-order valence-corrected chi connectivity index (χ3v) is 6.61. The van der Waals surface area contributed by atoms with Gasteiger partial charge in [-0.15, -0.1) is 11.8 Å². The Labute approximate surface area is 167 Å². The molecule has 2 aromatic carbocycles. The smallest absolute Gasteiger partial charge is 0.171 e. The van der Waals surface area contributed by atoms with Gasteiger partial charge in [0.15, 0.2) is 5.11 Å². The topological polar surface area (TPSA) is 24.1 Å². The lowest BCUT2D eigenvalue weighted by Gasteiger charge is -2.35. The van der Waals surface area contributed by atoms with Crippen molar-refractivity contribution in [3.8, 4) is 0 Å². The van der Waals surface area contributed by atoms with Crippen LogP contribution in [0.5, 0.6) is 0 Å². The number of thiocarbonyl (C=S) groups is 1. The number of thioether (sulfide) groups is 1. The third kappa shape index (κ3) is 5.01. The Hall–Kier alpha value is -1.52. The van der Waals surface area contributed by atoms with Crippen LogP contribution in [0.3, 0.4) is 0 Å². The van der Waals surface area contributed by atoms with E-state index in [4.69, 9.17) is 12.2 Å². The van der Waals surface area contributed by atoms with Gasteiger partial charge in [0.1, 0.15) is 0 Å². The molecule has 0 aliphatic heterocycles. The van der Waals surface area contributed by atoms with E-state index in [-0.39, 0.29) is 5.54 Å². The molecule has 2 aromatic rings. The van der Waals surface area contributed by atoms with Crippen LogP contribution in [-0.4, -0.2) is 10.7 Å². The van der Waals surface area contributed by atoms with Crippen molar-refractivity contribution in [2.45, 2.75) is 55.7 Å². The van der Waals surface area contributed by atoms with Crippen molar-refractivity contribution in [2.24, 2.45) is 5.92 Å². The molecule has 2 nitrogen and oxygen atoms in total. The maximum absolute atomic E-state index is 5.59. The second-order valence-electron chi connectivity index (χ2n) is 7.40. The molecule has 3 rings (SSSR count). The van der Waals surface area contributed by atoms with Crippen molar-refractivity contribution in [3.63, 3.8) is 0 Å². The summed E-state index contributed by atoms with van der Waals surface area (Å²) in [6.07, 6.45) is 5.01. The predicted molar refractivity (Wildman–Crippen MR) is 118 cm³/mol. The lowest BCUT2D eigenvalue weighted by molar-refractivity contribution is 0.283. The summed E-state index contributed by atoms with van der Waals surface area (Å²) in [5.41, 5.74) is 2.53. The van der Waals surface area contributed by atoms with Crippen LogP contribution in [0.1, 0.15) is 45.1 Å². The number of nitrogens with one attached hydrogen (secondary N) is 2. The second kappa shape index (κ2) is 8.92. The van der Waals surface area contributed by atoms with Crippen LogP contribution in [0.4, 0.5) is 5.69 Å². The van der Waals surface area contributed by atoms with Gasteiger partial charge in [-0.05, 0) is 60.8 Å². The summed E-state index contributed by atoms with van der Waals surface area (Å²) in [5, 5.41) is 7.72. The molecule has 0 aromatic heterocycles. The Bertz CT molecular complexity index is 705. The van der Waals surface area contributed by atoms with Gasteiger partial charge in [0.05, 0.1) is 0 Å². The van der Waals surface area contributed by atoms with Crippen LogP contribution >= 0.6 is 24.0 Å². The summed E-state index contributed by atoms with van der Waals surface area (Å²) in [5.74, 6) is 1.56. The highest BCUT2D eigenvalue weighted by Gasteiger charge is 2.37. The van der Waals surface area contributed by atoms with Crippen molar-refractivity contribution in [1.29, 1.82) is 0 Å². The lowest BCUT2D eigenvalue weighted by atomic mass is 9.85. The zero-order valence-corrected chi connectivity index (χ0v) is 17.3. The number of hydrogen-bond acceptors (Lipinski definition) is 2. The summed E-state index contributed by atoms with van der Waals surface area (Å²) in [6, 6.07) is 19.1. The van der Waals surface area contributed by atoms with E-state index in [1.54, 1.807) is 0 Å². The Morgan fingerprint density at radius 2 is 1.69 bits per heavy atom. The maximum atomic E-state index is 5.59. The van der Waals surface area contributed by atoms with E-state index >= 15 is 0 Å². The van der Waals surface area contributed by atoms with Crippen LogP contribution in [0.25, 0.3) is 0 Å². The normalized spacial score (nSPS) is 15.8. The average Bonchev–Trinajstić information content (AvgIpc) is 3.12. The molecule has 0 bridgehead atoms. The summed E-state index contributed by atoms with van der Waals surface area (Å²) >= 11 is 7.44. The van der Waals surface area contributed by atoms with E-state index in [0.717, 1.165) is 16.6 Å². The zero-order valence-electron chi connectivity index (χ0n) is 15.6. The van der Waals surface area contributed by atoms with Gasteiger partial charge in [0.25, 0.3) is 0 Å². The molecule has 0 radical (unpaired) electrons. The highest BCUT2D eigenvalue weighted by molar-refractivity contribution is 7.98. The quantitative estimate of drug-likeness (QED) is 0.455. The zero-order chi connectivity index (χ0) is 18.4. The molecule has 2 N–H and O–H groups in total. The first-order valence-corrected chi connectivity index (χ1v) is 10.8. The number of hydrogen-bond donors (Lipinski definition) is 2. The fraction of sp³-hybridized carbons (Fsp3) is 0.409. The first kappa shape index (κ1) is 19.2. The first-order chi connectivity index (χ1) is 12.6. The van der Waals surface area contributed by atoms with Crippen molar-refractivity contribution in [1.82, 2.24) is 5.32 Å². The van der Waals surface area contributed by atoms with Crippen LogP contribution in [-0.2, 0) is 5.75 Å². The molecule has 0 saturated heterocycles. The van der Waals surface area contributed by atoms with Gasteiger partial charge in [0, 0.05) is 21.9 Å². The van der Waals surface area contributed by atoms with Gasteiger partial charge >= 0.3 is 0 Å². The highest BCUT2D eigenvalue weighted by Crippen LogP contribution is 2.35. The molecule has 4 heteroatoms. The van der Waals surface area contributed by atoms with E-state index in [0.29, 0.717) is 5.92 Å². The van der Waals surface area contributed by atoms with Crippen molar-refractivity contribution >= 4 is 34.8 Å². The van der Waals surface area contributed by atoms with E-state index < -0.39 is 0 Å². The second-order valence-corrected chi connectivity index (χ2v) is 8.85. The number of anilines is 1. The molecule has 0 heterocycles. The molecular weight excluding hydrogens is 356 g/mol. The Balaban J connectivity index is 1.53. The van der Waals surface area contributed by atoms with Gasteiger partial charge in [-0.3, -0.25) is 0 Å². The van der Waals surface area contributed by atoms with Crippen molar-refractivity contribution < 1.29 is 0 Å². The van der Waals surface area contributed by atoms with Crippen molar-refractivity contribution in [3.05, 3.63) is 60.2 Å².